The van der Waals surface area contributed by atoms with Crippen LogP contribution in [-0.2, 0) is 11.3 Å². The molecule has 0 N–H and O–H groups in total. The second-order valence-corrected chi connectivity index (χ2v) is 5.30. The largest absolute Gasteiger partial charge is 0.460 e. The van der Waals surface area contributed by atoms with E-state index < -0.39 is 5.97 Å². The Morgan fingerprint density at radius 2 is 2.10 bits per heavy atom. The summed E-state index contributed by atoms with van der Waals surface area (Å²) in [5, 5.41) is 7.96. The molecule has 1 atom stereocenters. The lowest BCUT2D eigenvalue weighted by Gasteiger charge is -2.38. The third-order valence-electron chi connectivity index (χ3n) is 3.77. The lowest BCUT2D eigenvalue weighted by Crippen LogP contribution is -2.51. The smallest absolute Gasteiger partial charge is 0.376 e. The van der Waals surface area contributed by atoms with Crippen molar-refractivity contribution in [1.29, 1.82) is 0 Å². The molecule has 1 aliphatic rings. The Labute approximate surface area is 119 Å². The highest BCUT2D eigenvalue weighted by Crippen LogP contribution is 2.12. The molecular weight excluding hydrogens is 258 g/mol. The van der Waals surface area contributed by atoms with Gasteiger partial charge >= 0.3 is 5.97 Å². The van der Waals surface area contributed by atoms with Crippen molar-refractivity contribution < 1.29 is 9.53 Å². The van der Waals surface area contributed by atoms with Crippen LogP contribution in [0.15, 0.2) is 0 Å². The van der Waals surface area contributed by atoms with E-state index in [1.165, 1.54) is 0 Å². The van der Waals surface area contributed by atoms with E-state index in [1.54, 1.807) is 6.92 Å². The maximum atomic E-state index is 11.9. The van der Waals surface area contributed by atoms with Crippen LogP contribution in [0, 0.1) is 6.92 Å². The molecule has 1 saturated heterocycles. The molecule has 1 aromatic heterocycles. The van der Waals surface area contributed by atoms with Crippen LogP contribution in [-0.4, -0.2) is 76.9 Å². The highest BCUT2D eigenvalue weighted by Gasteiger charge is 2.26. The van der Waals surface area contributed by atoms with E-state index in [0.717, 1.165) is 25.5 Å². The van der Waals surface area contributed by atoms with Crippen molar-refractivity contribution >= 4 is 5.97 Å². The van der Waals surface area contributed by atoms with Gasteiger partial charge in [-0.25, -0.2) is 4.79 Å². The fourth-order valence-corrected chi connectivity index (χ4v) is 2.46. The minimum absolute atomic E-state index is 0.297. The summed E-state index contributed by atoms with van der Waals surface area (Å²) in [7, 11) is 4.23. The lowest BCUT2D eigenvalue weighted by molar-refractivity contribution is 0.0498. The summed E-state index contributed by atoms with van der Waals surface area (Å²) >= 11 is 0. The number of aryl methyl sites for hydroxylation is 1. The van der Waals surface area contributed by atoms with Crippen molar-refractivity contribution in [3.63, 3.8) is 0 Å². The van der Waals surface area contributed by atoms with Gasteiger partial charge < -0.3 is 14.2 Å². The Morgan fingerprint density at radius 1 is 1.35 bits per heavy atom. The Bertz CT molecular complexity index is 473. The van der Waals surface area contributed by atoms with Crippen molar-refractivity contribution in [2.24, 2.45) is 0 Å². The van der Waals surface area contributed by atoms with E-state index in [9.17, 15) is 4.79 Å². The minimum Gasteiger partial charge on any atom is -0.460 e. The van der Waals surface area contributed by atoms with Gasteiger partial charge in [0, 0.05) is 32.2 Å². The summed E-state index contributed by atoms with van der Waals surface area (Å²) in [6.07, 6.45) is 0. The standard InChI is InChI=1S/C13H23N5O2/c1-5-20-13(19)12-15-14-10(2)18(12)9-11-8-16(3)6-7-17(11)4/h11H,5-9H2,1-4H3. The first-order valence-corrected chi connectivity index (χ1v) is 6.98. The molecule has 1 aliphatic heterocycles. The Hall–Kier alpha value is -1.47. The van der Waals surface area contributed by atoms with E-state index in [0.29, 0.717) is 25.0 Å². The van der Waals surface area contributed by atoms with Gasteiger partial charge in [0.1, 0.15) is 5.82 Å². The number of nitrogens with zero attached hydrogens (tertiary/aromatic N) is 5. The molecule has 0 spiro atoms. The van der Waals surface area contributed by atoms with Gasteiger partial charge in [-0.05, 0) is 27.9 Å². The maximum Gasteiger partial charge on any atom is 0.376 e. The zero-order valence-corrected chi connectivity index (χ0v) is 12.7. The Kier molecular flexibility index (Phi) is 4.72. The van der Waals surface area contributed by atoms with Crippen LogP contribution in [0.2, 0.25) is 0 Å². The van der Waals surface area contributed by atoms with Crippen molar-refractivity contribution in [1.82, 2.24) is 24.6 Å². The van der Waals surface area contributed by atoms with Gasteiger partial charge in [-0.3, -0.25) is 4.90 Å². The molecule has 0 saturated carbocycles. The molecule has 1 unspecified atom stereocenters. The molecule has 2 heterocycles. The topological polar surface area (TPSA) is 63.5 Å². The molecule has 7 nitrogen and oxygen atoms in total. The molecule has 0 aliphatic carbocycles. The first-order chi connectivity index (χ1) is 9.52. The maximum absolute atomic E-state index is 11.9. The molecule has 1 fully saturated rings. The van der Waals surface area contributed by atoms with Crippen LogP contribution < -0.4 is 0 Å². The van der Waals surface area contributed by atoms with Crippen LogP contribution >= 0.6 is 0 Å². The predicted octanol–water partition coefficient (Wildman–Crippen LogP) is 0.00902. The Morgan fingerprint density at radius 3 is 2.80 bits per heavy atom. The lowest BCUT2D eigenvalue weighted by atomic mass is 10.2. The van der Waals surface area contributed by atoms with Crippen molar-refractivity contribution in [2.75, 3.05) is 40.3 Å². The first-order valence-electron chi connectivity index (χ1n) is 6.98. The summed E-state index contributed by atoms with van der Waals surface area (Å²) in [5.41, 5.74) is 0. The van der Waals surface area contributed by atoms with Crippen molar-refractivity contribution in [3.8, 4) is 0 Å². The summed E-state index contributed by atoms with van der Waals surface area (Å²) < 4.78 is 6.89. The van der Waals surface area contributed by atoms with Gasteiger partial charge in [0.2, 0.25) is 5.82 Å². The molecular formula is C13H23N5O2. The molecule has 0 amide bonds. The first kappa shape index (κ1) is 14.9. The number of piperazine rings is 1. The molecule has 0 aromatic carbocycles. The number of ether oxygens (including phenoxy) is 1. The number of aromatic nitrogens is 3. The quantitative estimate of drug-likeness (QED) is 0.724. The zero-order chi connectivity index (χ0) is 14.7. The van der Waals surface area contributed by atoms with Crippen LogP contribution in [0.4, 0.5) is 0 Å². The zero-order valence-electron chi connectivity index (χ0n) is 12.7. The molecule has 7 heteroatoms. The number of hydrogen-bond donors (Lipinski definition) is 0. The third-order valence-corrected chi connectivity index (χ3v) is 3.77. The molecule has 2 rings (SSSR count). The fraction of sp³-hybridized carbons (Fsp3) is 0.769. The molecule has 1 aromatic rings. The summed E-state index contributed by atoms with van der Waals surface area (Å²) in [6, 6.07) is 0.344. The number of carbonyl (C=O) groups is 1. The molecule has 112 valence electrons. The SMILES string of the molecule is CCOC(=O)c1nnc(C)n1CC1CN(C)CCN1C. The van der Waals surface area contributed by atoms with Crippen LogP contribution in [0.1, 0.15) is 23.4 Å². The van der Waals surface area contributed by atoms with Crippen molar-refractivity contribution in [2.45, 2.75) is 26.4 Å². The van der Waals surface area contributed by atoms with Gasteiger partial charge in [-0.2, -0.15) is 0 Å². The van der Waals surface area contributed by atoms with Gasteiger partial charge in [0.05, 0.1) is 6.61 Å². The third kappa shape index (κ3) is 3.16. The highest BCUT2D eigenvalue weighted by atomic mass is 16.5. The molecule has 0 bridgehead atoms. The van der Waals surface area contributed by atoms with Crippen LogP contribution in [0.5, 0.6) is 0 Å². The second kappa shape index (κ2) is 6.32. The van der Waals surface area contributed by atoms with Gasteiger partial charge in [0.15, 0.2) is 0 Å². The molecule has 20 heavy (non-hydrogen) atoms. The Balaban J connectivity index is 2.15. The number of likely N-dealkylation sites (N-methyl/N-ethyl adjacent to an activating group) is 2. The summed E-state index contributed by atoms with van der Waals surface area (Å²) in [5.74, 6) is 0.639. The molecule has 0 radical (unpaired) electrons. The van der Waals surface area contributed by atoms with Gasteiger partial charge in [-0.1, -0.05) is 0 Å². The number of carbonyl (C=O) groups excluding carboxylic acids is 1. The average molecular weight is 281 g/mol. The van der Waals surface area contributed by atoms with Gasteiger partial charge in [-0.15, -0.1) is 10.2 Å². The van der Waals surface area contributed by atoms with Crippen LogP contribution in [0.3, 0.4) is 0 Å². The average Bonchev–Trinajstić information content (AvgIpc) is 2.76. The summed E-state index contributed by atoms with van der Waals surface area (Å²) in [6.45, 7) is 7.76. The van der Waals surface area contributed by atoms with Crippen molar-refractivity contribution in [3.05, 3.63) is 11.6 Å². The predicted molar refractivity (Wildman–Crippen MR) is 74.6 cm³/mol. The number of rotatable bonds is 4. The number of hydrogen-bond acceptors (Lipinski definition) is 6. The van der Waals surface area contributed by atoms with E-state index in [2.05, 4.69) is 34.1 Å². The van der Waals surface area contributed by atoms with Gasteiger partial charge in [0.25, 0.3) is 0 Å². The van der Waals surface area contributed by atoms with E-state index >= 15 is 0 Å². The fourth-order valence-electron chi connectivity index (χ4n) is 2.46. The van der Waals surface area contributed by atoms with E-state index in [4.69, 9.17) is 4.74 Å². The normalized spacial score (nSPS) is 21.1. The second-order valence-electron chi connectivity index (χ2n) is 5.30. The van der Waals surface area contributed by atoms with E-state index in [1.807, 2.05) is 11.5 Å². The number of esters is 1. The highest BCUT2D eigenvalue weighted by molar-refractivity contribution is 5.85. The monoisotopic (exact) mass is 281 g/mol. The minimum atomic E-state index is -0.403. The van der Waals surface area contributed by atoms with Crippen LogP contribution in [0.25, 0.3) is 0 Å². The van der Waals surface area contributed by atoms with E-state index in [-0.39, 0.29) is 0 Å². The summed E-state index contributed by atoms with van der Waals surface area (Å²) in [4.78, 5) is 16.5.